The summed E-state index contributed by atoms with van der Waals surface area (Å²) in [6.45, 7) is 6.94. The fourth-order valence-corrected chi connectivity index (χ4v) is 1.18. The summed E-state index contributed by atoms with van der Waals surface area (Å²) >= 11 is 0. The molecule has 0 atom stereocenters. The summed E-state index contributed by atoms with van der Waals surface area (Å²) in [5.41, 5.74) is 7.82. The van der Waals surface area contributed by atoms with E-state index in [1.165, 1.54) is 6.92 Å². The van der Waals surface area contributed by atoms with Crippen LogP contribution in [-0.2, 0) is 11.8 Å². The van der Waals surface area contributed by atoms with E-state index in [9.17, 15) is 4.79 Å². The summed E-state index contributed by atoms with van der Waals surface area (Å²) in [6, 6.07) is 0. The van der Waals surface area contributed by atoms with Crippen LogP contribution in [0.25, 0.3) is 12.2 Å². The molecule has 0 radical (unpaired) electrons. The van der Waals surface area contributed by atoms with E-state index in [4.69, 9.17) is 5.73 Å². The van der Waals surface area contributed by atoms with Crippen LogP contribution in [-0.4, -0.2) is 15.3 Å². The molecule has 15 heavy (non-hydrogen) atoms. The number of carbonyl (C=O) groups is 1. The molecular weight excluding hydrogens is 190 g/mol. The summed E-state index contributed by atoms with van der Waals surface area (Å²) in [5.74, 6) is 0.442. The van der Waals surface area contributed by atoms with Gasteiger partial charge in [-0.3, -0.25) is 4.79 Å². The largest absolute Gasteiger partial charge is 0.369 e. The molecule has 0 amide bonds. The van der Waals surface area contributed by atoms with E-state index in [1.54, 1.807) is 30.7 Å². The Hall–Kier alpha value is -1.84. The minimum atomic E-state index is 0.0322. The molecule has 0 aromatic carbocycles. The van der Waals surface area contributed by atoms with Crippen molar-refractivity contribution >= 4 is 23.9 Å². The Labute approximate surface area is 89.1 Å². The van der Waals surface area contributed by atoms with Crippen molar-refractivity contribution in [2.45, 2.75) is 13.8 Å². The minimum absolute atomic E-state index is 0.0322. The second kappa shape index (κ2) is 4.13. The number of nitrogens with two attached hydrogens (primary N) is 1. The van der Waals surface area contributed by atoms with E-state index in [0.29, 0.717) is 17.2 Å². The molecule has 1 rings (SSSR count). The number of rotatable bonds is 3. The van der Waals surface area contributed by atoms with Crippen LogP contribution in [0.2, 0.25) is 0 Å². The second-order valence-corrected chi connectivity index (χ2v) is 3.39. The topological polar surface area (TPSA) is 60.9 Å². The first-order chi connectivity index (χ1) is 6.97. The number of anilines is 1. The Balaban J connectivity index is 3.30. The van der Waals surface area contributed by atoms with Crippen molar-refractivity contribution in [3.63, 3.8) is 0 Å². The maximum absolute atomic E-state index is 11.1. The first-order valence-electron chi connectivity index (χ1n) is 4.61. The van der Waals surface area contributed by atoms with Crippen molar-refractivity contribution in [2.24, 2.45) is 7.05 Å². The number of nitrogens with zero attached hydrogens (tertiary/aromatic N) is 2. The maximum atomic E-state index is 11.1. The van der Waals surface area contributed by atoms with Crippen molar-refractivity contribution in [3.05, 3.63) is 23.5 Å². The normalized spacial score (nSPS) is 11.5. The van der Waals surface area contributed by atoms with Gasteiger partial charge < -0.3 is 10.3 Å². The monoisotopic (exact) mass is 205 g/mol. The SMILES string of the molecule is C=Cc1nc(N)n(C)c1C=C(C)C(C)=O. The van der Waals surface area contributed by atoms with Gasteiger partial charge in [-0.25, -0.2) is 4.98 Å². The lowest BCUT2D eigenvalue weighted by molar-refractivity contribution is -0.113. The van der Waals surface area contributed by atoms with Crippen LogP contribution >= 0.6 is 0 Å². The molecule has 80 valence electrons. The zero-order valence-electron chi connectivity index (χ0n) is 9.24. The van der Waals surface area contributed by atoms with Crippen molar-refractivity contribution in [1.29, 1.82) is 0 Å². The highest BCUT2D eigenvalue weighted by Crippen LogP contribution is 2.16. The summed E-state index contributed by atoms with van der Waals surface area (Å²) < 4.78 is 1.73. The summed E-state index contributed by atoms with van der Waals surface area (Å²) in [5, 5.41) is 0. The van der Waals surface area contributed by atoms with Crippen molar-refractivity contribution in [2.75, 3.05) is 5.73 Å². The van der Waals surface area contributed by atoms with Gasteiger partial charge in [0, 0.05) is 7.05 Å². The molecule has 0 unspecified atom stereocenters. The Kier molecular flexibility index (Phi) is 3.09. The first-order valence-corrected chi connectivity index (χ1v) is 4.61. The molecule has 1 heterocycles. The second-order valence-electron chi connectivity index (χ2n) is 3.39. The molecule has 0 fully saturated rings. The van der Waals surface area contributed by atoms with Gasteiger partial charge >= 0.3 is 0 Å². The van der Waals surface area contributed by atoms with Crippen LogP contribution in [0, 0.1) is 0 Å². The van der Waals surface area contributed by atoms with Gasteiger partial charge in [0.2, 0.25) is 5.95 Å². The Morgan fingerprint density at radius 2 is 2.13 bits per heavy atom. The number of nitrogen functional groups attached to an aromatic ring is 1. The minimum Gasteiger partial charge on any atom is -0.369 e. The molecule has 0 saturated carbocycles. The zero-order chi connectivity index (χ0) is 11.6. The molecule has 1 aromatic heterocycles. The summed E-state index contributed by atoms with van der Waals surface area (Å²) in [4.78, 5) is 15.2. The Bertz CT molecular complexity index is 441. The third-order valence-corrected chi connectivity index (χ3v) is 2.30. The van der Waals surface area contributed by atoms with Gasteiger partial charge in [-0.1, -0.05) is 6.58 Å². The van der Waals surface area contributed by atoms with Gasteiger partial charge in [-0.05, 0) is 31.6 Å². The Morgan fingerprint density at radius 1 is 1.53 bits per heavy atom. The number of ketones is 1. The first kappa shape index (κ1) is 11.2. The summed E-state index contributed by atoms with van der Waals surface area (Å²) in [7, 11) is 1.80. The molecule has 0 saturated heterocycles. The van der Waals surface area contributed by atoms with E-state index in [2.05, 4.69) is 11.6 Å². The molecular formula is C11H15N3O. The molecule has 0 aliphatic heterocycles. The fourth-order valence-electron chi connectivity index (χ4n) is 1.18. The number of Topliss-reactive ketones (excluding diaryl/α,β-unsaturated/α-hetero) is 1. The smallest absolute Gasteiger partial charge is 0.200 e. The van der Waals surface area contributed by atoms with E-state index in [-0.39, 0.29) is 5.78 Å². The lowest BCUT2D eigenvalue weighted by Gasteiger charge is -2.00. The fraction of sp³-hybridized carbons (Fsp3) is 0.273. The number of hydrogen-bond acceptors (Lipinski definition) is 3. The standard InChI is InChI=1S/C11H15N3O/c1-5-9-10(6-7(2)8(3)15)14(4)11(12)13-9/h5-6H,1H2,2-4H3,(H2,12,13). The highest BCUT2D eigenvalue weighted by Gasteiger charge is 2.08. The van der Waals surface area contributed by atoms with Gasteiger partial charge in [0.15, 0.2) is 5.78 Å². The molecule has 0 aliphatic rings. The number of carbonyl (C=O) groups excluding carboxylic acids is 1. The highest BCUT2D eigenvalue weighted by atomic mass is 16.1. The number of allylic oxidation sites excluding steroid dienone is 1. The third kappa shape index (κ3) is 2.15. The Morgan fingerprint density at radius 3 is 2.60 bits per heavy atom. The lowest BCUT2D eigenvalue weighted by atomic mass is 10.1. The van der Waals surface area contributed by atoms with Gasteiger partial charge in [0.25, 0.3) is 0 Å². The molecule has 0 bridgehead atoms. The van der Waals surface area contributed by atoms with Crippen molar-refractivity contribution in [1.82, 2.24) is 9.55 Å². The third-order valence-electron chi connectivity index (χ3n) is 2.30. The highest BCUT2D eigenvalue weighted by molar-refractivity contribution is 5.97. The van der Waals surface area contributed by atoms with E-state index in [1.807, 2.05) is 0 Å². The molecule has 1 aromatic rings. The van der Waals surface area contributed by atoms with Crippen LogP contribution in [0.4, 0.5) is 5.95 Å². The molecule has 2 N–H and O–H groups in total. The van der Waals surface area contributed by atoms with E-state index < -0.39 is 0 Å². The van der Waals surface area contributed by atoms with Crippen LogP contribution in [0.5, 0.6) is 0 Å². The van der Waals surface area contributed by atoms with Crippen LogP contribution in [0.3, 0.4) is 0 Å². The van der Waals surface area contributed by atoms with Gasteiger partial charge in [-0.15, -0.1) is 0 Å². The average molecular weight is 205 g/mol. The van der Waals surface area contributed by atoms with Crippen LogP contribution in [0.1, 0.15) is 25.2 Å². The predicted molar refractivity (Wildman–Crippen MR) is 62.0 cm³/mol. The maximum Gasteiger partial charge on any atom is 0.200 e. The van der Waals surface area contributed by atoms with Gasteiger partial charge in [0.1, 0.15) is 0 Å². The number of hydrogen-bond donors (Lipinski definition) is 1. The predicted octanol–water partition coefficient (Wildman–Crippen LogP) is 1.64. The summed E-state index contributed by atoms with van der Waals surface area (Å²) in [6.07, 6.45) is 3.39. The lowest BCUT2D eigenvalue weighted by Crippen LogP contribution is -2.00. The average Bonchev–Trinajstić information content (AvgIpc) is 2.45. The number of imidazole rings is 1. The van der Waals surface area contributed by atoms with Crippen LogP contribution in [0.15, 0.2) is 12.2 Å². The quantitative estimate of drug-likeness (QED) is 0.763. The van der Waals surface area contributed by atoms with Gasteiger partial charge in [-0.2, -0.15) is 0 Å². The van der Waals surface area contributed by atoms with Crippen LogP contribution < -0.4 is 5.73 Å². The molecule has 4 heteroatoms. The zero-order valence-corrected chi connectivity index (χ0v) is 9.24. The van der Waals surface area contributed by atoms with Crippen molar-refractivity contribution in [3.8, 4) is 0 Å². The molecule has 0 spiro atoms. The van der Waals surface area contributed by atoms with E-state index in [0.717, 1.165) is 5.69 Å². The number of aromatic nitrogens is 2. The van der Waals surface area contributed by atoms with E-state index >= 15 is 0 Å². The van der Waals surface area contributed by atoms with Gasteiger partial charge in [0.05, 0.1) is 11.4 Å². The molecule has 4 nitrogen and oxygen atoms in total. The molecule has 0 aliphatic carbocycles. The van der Waals surface area contributed by atoms with Crippen molar-refractivity contribution < 1.29 is 4.79 Å².